The first-order valence-corrected chi connectivity index (χ1v) is 11.9. The van der Waals surface area contributed by atoms with E-state index in [-0.39, 0.29) is 6.61 Å². The van der Waals surface area contributed by atoms with Crippen LogP contribution in [0, 0.1) is 0 Å². The molecule has 0 spiro atoms. The average Bonchev–Trinajstić information content (AvgIpc) is 2.74. The summed E-state index contributed by atoms with van der Waals surface area (Å²) in [6, 6.07) is 0. The maximum absolute atomic E-state index is 11.8. The molecule has 0 atom stereocenters. The summed E-state index contributed by atoms with van der Waals surface area (Å²) in [5.74, 6) is 0. The Kier molecular flexibility index (Phi) is 27.5. The average molecular weight is 423 g/mol. The Morgan fingerprint density at radius 2 is 0.690 bits per heavy atom. The van der Waals surface area contributed by atoms with Gasteiger partial charge in [-0.2, -0.15) is 0 Å². The van der Waals surface area contributed by atoms with Crippen molar-refractivity contribution in [2.45, 2.75) is 77.6 Å². The fourth-order valence-corrected chi connectivity index (χ4v) is 2.90. The van der Waals surface area contributed by atoms with Gasteiger partial charge in [0.05, 0.1) is 59.5 Å². The third kappa shape index (κ3) is 27.7. The van der Waals surface area contributed by atoms with Gasteiger partial charge in [0, 0.05) is 6.61 Å². The van der Waals surface area contributed by atoms with Gasteiger partial charge in [0.1, 0.15) is 6.67 Å². The molecule has 0 saturated heterocycles. The highest BCUT2D eigenvalue weighted by Crippen LogP contribution is 2.11. The SMILES string of the molecule is CCCCCCCCCCCCCOCCOCCOCCOCCOCCF. The van der Waals surface area contributed by atoms with Gasteiger partial charge in [0.15, 0.2) is 0 Å². The molecule has 0 aromatic carbocycles. The van der Waals surface area contributed by atoms with E-state index in [1.165, 1.54) is 64.2 Å². The normalized spacial score (nSPS) is 11.4. The molecule has 0 aromatic heterocycles. The Bertz CT molecular complexity index is 256. The molecular formula is C23H47FO5. The molecule has 5 nitrogen and oxygen atoms in total. The molecule has 0 saturated carbocycles. The zero-order chi connectivity index (χ0) is 21.1. The molecule has 0 unspecified atom stereocenters. The summed E-state index contributed by atoms with van der Waals surface area (Å²) in [6.07, 6.45) is 14.9. The van der Waals surface area contributed by atoms with E-state index in [4.69, 9.17) is 23.7 Å². The van der Waals surface area contributed by atoms with E-state index < -0.39 is 6.67 Å². The predicted octanol–water partition coefficient (Wildman–Crippen LogP) is 5.35. The molecule has 0 bridgehead atoms. The van der Waals surface area contributed by atoms with Gasteiger partial charge in [0.2, 0.25) is 0 Å². The molecule has 6 heteroatoms. The molecule has 0 heterocycles. The lowest BCUT2D eigenvalue weighted by Gasteiger charge is -2.08. The van der Waals surface area contributed by atoms with Crippen LogP contribution in [-0.4, -0.2) is 72.7 Å². The Morgan fingerprint density at radius 3 is 1.07 bits per heavy atom. The summed E-state index contributed by atoms with van der Waals surface area (Å²) in [6.45, 7) is 7.12. The highest BCUT2D eigenvalue weighted by Gasteiger charge is 1.95. The maximum atomic E-state index is 11.8. The standard InChI is InChI=1S/C23H47FO5/c1-2-3-4-5-6-7-8-9-10-11-12-14-25-16-18-27-20-22-29-23-21-28-19-17-26-15-13-24/h2-23H2,1H3. The van der Waals surface area contributed by atoms with Crippen LogP contribution in [0.3, 0.4) is 0 Å². The van der Waals surface area contributed by atoms with Gasteiger partial charge in [-0.3, -0.25) is 0 Å². The summed E-state index contributed by atoms with van der Waals surface area (Å²) in [5.41, 5.74) is 0. The fourth-order valence-electron chi connectivity index (χ4n) is 2.90. The topological polar surface area (TPSA) is 46.2 Å². The minimum Gasteiger partial charge on any atom is -0.379 e. The van der Waals surface area contributed by atoms with E-state index in [0.717, 1.165) is 13.0 Å². The van der Waals surface area contributed by atoms with E-state index >= 15 is 0 Å². The number of ether oxygens (including phenoxy) is 5. The van der Waals surface area contributed by atoms with E-state index in [0.29, 0.717) is 52.9 Å². The van der Waals surface area contributed by atoms with Crippen molar-refractivity contribution in [1.82, 2.24) is 0 Å². The molecular weight excluding hydrogens is 375 g/mol. The van der Waals surface area contributed by atoms with Crippen LogP contribution in [0.4, 0.5) is 4.39 Å². The second kappa shape index (κ2) is 27.7. The number of hydrogen-bond acceptors (Lipinski definition) is 5. The molecule has 176 valence electrons. The molecule has 29 heavy (non-hydrogen) atoms. The van der Waals surface area contributed by atoms with Crippen LogP contribution < -0.4 is 0 Å². The van der Waals surface area contributed by atoms with Crippen LogP contribution in [0.2, 0.25) is 0 Å². The minimum atomic E-state index is -0.451. The molecule has 0 aliphatic carbocycles. The molecule has 0 aliphatic rings. The Hall–Kier alpha value is -0.270. The Labute approximate surface area is 179 Å². The number of unbranched alkanes of at least 4 members (excludes halogenated alkanes) is 10. The lowest BCUT2D eigenvalue weighted by Crippen LogP contribution is -2.13. The smallest absolute Gasteiger partial charge is 0.113 e. The van der Waals surface area contributed by atoms with Crippen molar-refractivity contribution in [1.29, 1.82) is 0 Å². The van der Waals surface area contributed by atoms with E-state index in [2.05, 4.69) is 6.92 Å². The first kappa shape index (κ1) is 28.7. The lowest BCUT2D eigenvalue weighted by atomic mass is 10.1. The molecule has 0 N–H and O–H groups in total. The Morgan fingerprint density at radius 1 is 0.379 bits per heavy atom. The molecule has 0 amide bonds. The van der Waals surface area contributed by atoms with Gasteiger partial charge < -0.3 is 23.7 Å². The highest BCUT2D eigenvalue weighted by molar-refractivity contribution is 4.48. The van der Waals surface area contributed by atoms with Gasteiger partial charge in [0.25, 0.3) is 0 Å². The summed E-state index contributed by atoms with van der Waals surface area (Å²) < 4.78 is 38.5. The van der Waals surface area contributed by atoms with Gasteiger partial charge >= 0.3 is 0 Å². The van der Waals surface area contributed by atoms with Crippen LogP contribution >= 0.6 is 0 Å². The number of alkyl halides is 1. The summed E-state index contributed by atoms with van der Waals surface area (Å²) >= 11 is 0. The van der Waals surface area contributed by atoms with E-state index in [1.54, 1.807) is 0 Å². The maximum Gasteiger partial charge on any atom is 0.113 e. The van der Waals surface area contributed by atoms with Gasteiger partial charge in [-0.1, -0.05) is 71.1 Å². The summed E-state index contributed by atoms with van der Waals surface area (Å²) in [5, 5.41) is 0. The monoisotopic (exact) mass is 422 g/mol. The van der Waals surface area contributed by atoms with Crippen molar-refractivity contribution in [2.24, 2.45) is 0 Å². The number of rotatable bonds is 26. The lowest BCUT2D eigenvalue weighted by molar-refractivity contribution is -0.0119. The van der Waals surface area contributed by atoms with Crippen molar-refractivity contribution in [3.05, 3.63) is 0 Å². The predicted molar refractivity (Wildman–Crippen MR) is 117 cm³/mol. The van der Waals surface area contributed by atoms with E-state index in [9.17, 15) is 4.39 Å². The van der Waals surface area contributed by atoms with Gasteiger partial charge in [-0.05, 0) is 6.42 Å². The van der Waals surface area contributed by atoms with Crippen molar-refractivity contribution < 1.29 is 28.1 Å². The number of halogens is 1. The molecule has 0 rings (SSSR count). The molecule has 0 aromatic rings. The second-order valence-electron chi connectivity index (χ2n) is 7.29. The third-order valence-corrected chi connectivity index (χ3v) is 4.60. The van der Waals surface area contributed by atoms with Gasteiger partial charge in [-0.15, -0.1) is 0 Å². The Balaban J connectivity index is 2.97. The first-order valence-electron chi connectivity index (χ1n) is 11.9. The van der Waals surface area contributed by atoms with Crippen molar-refractivity contribution in [3.63, 3.8) is 0 Å². The largest absolute Gasteiger partial charge is 0.379 e. The van der Waals surface area contributed by atoms with Crippen LogP contribution in [-0.2, 0) is 23.7 Å². The number of hydrogen-bond donors (Lipinski definition) is 0. The second-order valence-corrected chi connectivity index (χ2v) is 7.29. The first-order chi connectivity index (χ1) is 14.4. The molecule has 0 fully saturated rings. The quantitative estimate of drug-likeness (QED) is 0.176. The minimum absolute atomic E-state index is 0.139. The molecule has 0 radical (unpaired) electrons. The van der Waals surface area contributed by atoms with Gasteiger partial charge in [-0.25, -0.2) is 4.39 Å². The zero-order valence-electron chi connectivity index (χ0n) is 19.0. The highest BCUT2D eigenvalue weighted by atomic mass is 19.1. The summed E-state index contributed by atoms with van der Waals surface area (Å²) in [4.78, 5) is 0. The zero-order valence-corrected chi connectivity index (χ0v) is 19.0. The van der Waals surface area contributed by atoms with Crippen molar-refractivity contribution in [3.8, 4) is 0 Å². The van der Waals surface area contributed by atoms with Crippen LogP contribution in [0.15, 0.2) is 0 Å². The van der Waals surface area contributed by atoms with Crippen molar-refractivity contribution >= 4 is 0 Å². The van der Waals surface area contributed by atoms with Crippen LogP contribution in [0.25, 0.3) is 0 Å². The fraction of sp³-hybridized carbons (Fsp3) is 1.00. The summed E-state index contributed by atoms with van der Waals surface area (Å²) in [7, 11) is 0. The van der Waals surface area contributed by atoms with E-state index in [1.807, 2.05) is 0 Å². The van der Waals surface area contributed by atoms with Crippen LogP contribution in [0.5, 0.6) is 0 Å². The third-order valence-electron chi connectivity index (χ3n) is 4.60. The van der Waals surface area contributed by atoms with Crippen LogP contribution in [0.1, 0.15) is 77.6 Å². The van der Waals surface area contributed by atoms with Crippen molar-refractivity contribution in [2.75, 3.05) is 72.7 Å². The molecule has 0 aliphatic heterocycles.